The normalized spacial score (nSPS) is 29.0. The Balaban J connectivity index is 1.58. The van der Waals surface area contributed by atoms with Crippen molar-refractivity contribution < 1.29 is 19.0 Å². The molecular weight excluding hydrogens is 369 g/mol. The standard InChI is InChI=1S/C21H25ClFNO3/c1-20(23)7-3-8-21(26,13-20)9-6-18(25)15-10-24(14-11-27-12-14)17-5-2-4-16(22)19(15)17/h2,4-5,10,14,26H,3,6-9,11-13H2,1H3. The van der Waals surface area contributed by atoms with E-state index in [9.17, 15) is 14.3 Å². The van der Waals surface area contributed by atoms with Crippen LogP contribution in [0.15, 0.2) is 24.4 Å². The Morgan fingerprint density at radius 2 is 2.19 bits per heavy atom. The number of fused-ring (bicyclic) bond motifs is 1. The number of ketones is 1. The molecule has 0 spiro atoms. The summed E-state index contributed by atoms with van der Waals surface area (Å²) in [4.78, 5) is 13.0. The number of rotatable bonds is 5. The molecule has 6 heteroatoms. The van der Waals surface area contributed by atoms with Crippen molar-refractivity contribution in [1.29, 1.82) is 0 Å². The third-order valence-corrected chi connectivity index (χ3v) is 6.29. The zero-order valence-corrected chi connectivity index (χ0v) is 16.3. The highest BCUT2D eigenvalue weighted by molar-refractivity contribution is 6.37. The van der Waals surface area contributed by atoms with Crippen LogP contribution in [0.1, 0.15) is 61.8 Å². The van der Waals surface area contributed by atoms with Crippen LogP contribution in [0.25, 0.3) is 10.9 Å². The van der Waals surface area contributed by atoms with E-state index in [1.165, 1.54) is 6.92 Å². The molecule has 2 aromatic rings. The fourth-order valence-corrected chi connectivity index (χ4v) is 4.78. The maximum Gasteiger partial charge on any atom is 0.165 e. The first-order valence-corrected chi connectivity index (χ1v) is 9.97. The van der Waals surface area contributed by atoms with Gasteiger partial charge in [0, 0.05) is 30.0 Å². The van der Waals surface area contributed by atoms with Crippen molar-refractivity contribution in [2.45, 2.75) is 62.8 Å². The van der Waals surface area contributed by atoms with Crippen molar-refractivity contribution in [3.63, 3.8) is 0 Å². The molecule has 0 bridgehead atoms. The molecule has 0 radical (unpaired) electrons. The number of alkyl halides is 1. The van der Waals surface area contributed by atoms with E-state index in [0.717, 1.165) is 10.9 Å². The number of aromatic nitrogens is 1. The summed E-state index contributed by atoms with van der Waals surface area (Å²) in [6.45, 7) is 2.78. The summed E-state index contributed by atoms with van der Waals surface area (Å²) in [5.41, 5.74) is -0.974. The summed E-state index contributed by atoms with van der Waals surface area (Å²) in [7, 11) is 0. The van der Waals surface area contributed by atoms with Gasteiger partial charge in [0.1, 0.15) is 5.67 Å². The number of hydrogen-bond acceptors (Lipinski definition) is 3. The summed E-state index contributed by atoms with van der Waals surface area (Å²) in [6.07, 6.45) is 4.06. The van der Waals surface area contributed by atoms with Gasteiger partial charge in [-0.25, -0.2) is 4.39 Å². The molecule has 2 aliphatic rings. The third kappa shape index (κ3) is 3.65. The van der Waals surface area contributed by atoms with Crippen LogP contribution in [-0.4, -0.2) is 39.9 Å². The largest absolute Gasteiger partial charge is 0.390 e. The lowest BCUT2D eigenvalue weighted by Crippen LogP contribution is -2.41. The van der Waals surface area contributed by atoms with Gasteiger partial charge in [0.05, 0.1) is 35.4 Å². The zero-order valence-electron chi connectivity index (χ0n) is 15.5. The first-order chi connectivity index (χ1) is 12.8. The fourth-order valence-electron chi connectivity index (χ4n) is 4.51. The van der Waals surface area contributed by atoms with E-state index in [4.69, 9.17) is 16.3 Å². The number of carbonyl (C=O) groups is 1. The van der Waals surface area contributed by atoms with Gasteiger partial charge in [-0.05, 0) is 44.7 Å². The molecule has 2 fully saturated rings. The minimum absolute atomic E-state index is 0.0633. The average molecular weight is 394 g/mol. The fraction of sp³-hybridized carbons (Fsp3) is 0.571. The molecule has 27 heavy (non-hydrogen) atoms. The molecular formula is C21H25ClFNO3. The highest BCUT2D eigenvalue weighted by Gasteiger charge is 2.41. The quantitative estimate of drug-likeness (QED) is 0.738. The summed E-state index contributed by atoms with van der Waals surface area (Å²) in [5, 5.41) is 12.1. The molecule has 2 atom stereocenters. The average Bonchev–Trinajstić information content (AvgIpc) is 2.91. The summed E-state index contributed by atoms with van der Waals surface area (Å²) < 4.78 is 21.7. The van der Waals surface area contributed by atoms with Gasteiger partial charge < -0.3 is 14.4 Å². The Morgan fingerprint density at radius 3 is 2.85 bits per heavy atom. The second kappa shape index (κ2) is 6.87. The number of benzene rings is 1. The Bertz CT molecular complexity index is 874. The lowest BCUT2D eigenvalue weighted by Gasteiger charge is -2.39. The van der Waals surface area contributed by atoms with Crippen LogP contribution in [0.5, 0.6) is 0 Å². The Hall–Kier alpha value is -1.43. The van der Waals surface area contributed by atoms with Crippen LogP contribution in [0.4, 0.5) is 4.39 Å². The maximum atomic E-state index is 14.3. The maximum absolute atomic E-state index is 14.3. The first-order valence-electron chi connectivity index (χ1n) is 9.59. The predicted molar refractivity (Wildman–Crippen MR) is 103 cm³/mol. The van der Waals surface area contributed by atoms with Crippen LogP contribution >= 0.6 is 11.6 Å². The molecule has 2 unspecified atom stereocenters. The van der Waals surface area contributed by atoms with Gasteiger partial charge in [0.25, 0.3) is 0 Å². The van der Waals surface area contributed by atoms with Crippen LogP contribution < -0.4 is 0 Å². The van der Waals surface area contributed by atoms with Crippen LogP contribution in [0.2, 0.25) is 5.02 Å². The monoisotopic (exact) mass is 393 g/mol. The van der Waals surface area contributed by atoms with E-state index < -0.39 is 11.3 Å². The molecule has 1 aliphatic heterocycles. The van der Waals surface area contributed by atoms with Crippen molar-refractivity contribution in [3.05, 3.63) is 35.0 Å². The molecule has 1 aliphatic carbocycles. The van der Waals surface area contributed by atoms with Crippen LogP contribution in [0.3, 0.4) is 0 Å². The van der Waals surface area contributed by atoms with Crippen molar-refractivity contribution in [3.8, 4) is 0 Å². The highest BCUT2D eigenvalue weighted by atomic mass is 35.5. The molecule has 1 saturated heterocycles. The molecule has 4 rings (SSSR count). The van der Waals surface area contributed by atoms with E-state index in [1.54, 1.807) is 6.07 Å². The lowest BCUT2D eigenvalue weighted by molar-refractivity contribution is -0.0611. The molecule has 2 heterocycles. The number of nitrogens with zero attached hydrogens (tertiary/aromatic N) is 1. The van der Waals surface area contributed by atoms with E-state index in [2.05, 4.69) is 4.57 Å². The van der Waals surface area contributed by atoms with Crippen LogP contribution in [0, 0.1) is 0 Å². The number of hydrogen-bond donors (Lipinski definition) is 1. The highest BCUT2D eigenvalue weighted by Crippen LogP contribution is 2.41. The van der Waals surface area contributed by atoms with Crippen molar-refractivity contribution in [1.82, 2.24) is 4.57 Å². The SMILES string of the molecule is CC1(F)CCCC(O)(CCC(=O)c2cn(C3COC3)c3cccc(Cl)c23)C1. The molecule has 1 aromatic heterocycles. The predicted octanol–water partition coefficient (Wildman–Crippen LogP) is 4.86. The van der Waals surface area contributed by atoms with Gasteiger partial charge in [0.2, 0.25) is 0 Å². The molecule has 4 nitrogen and oxygen atoms in total. The summed E-state index contributed by atoms with van der Waals surface area (Å²) in [6, 6.07) is 5.83. The number of Topliss-reactive ketones (excluding diaryl/α,β-unsaturated/α-hetero) is 1. The minimum Gasteiger partial charge on any atom is -0.390 e. The van der Waals surface area contributed by atoms with Crippen molar-refractivity contribution in [2.75, 3.05) is 13.2 Å². The number of halogens is 2. The molecule has 1 aromatic carbocycles. The van der Waals surface area contributed by atoms with Gasteiger partial charge in [-0.15, -0.1) is 0 Å². The van der Waals surface area contributed by atoms with E-state index in [-0.39, 0.29) is 31.1 Å². The van der Waals surface area contributed by atoms with Gasteiger partial charge in [-0.3, -0.25) is 4.79 Å². The summed E-state index contributed by atoms with van der Waals surface area (Å²) >= 11 is 6.40. The summed E-state index contributed by atoms with van der Waals surface area (Å²) in [5.74, 6) is -0.0633. The third-order valence-electron chi connectivity index (χ3n) is 5.98. The first kappa shape index (κ1) is 18.9. The van der Waals surface area contributed by atoms with E-state index in [1.807, 2.05) is 18.3 Å². The molecule has 1 saturated carbocycles. The Morgan fingerprint density at radius 1 is 1.41 bits per heavy atom. The van der Waals surface area contributed by atoms with Crippen molar-refractivity contribution >= 4 is 28.3 Å². The minimum atomic E-state index is -1.36. The number of ether oxygens (including phenoxy) is 1. The Kier molecular flexibility index (Phi) is 4.81. The Labute approximate surface area is 163 Å². The second-order valence-corrected chi connectivity index (χ2v) is 8.77. The smallest absolute Gasteiger partial charge is 0.165 e. The van der Waals surface area contributed by atoms with E-state index >= 15 is 0 Å². The molecule has 1 N–H and O–H groups in total. The van der Waals surface area contributed by atoms with Gasteiger partial charge in [0.15, 0.2) is 5.78 Å². The topological polar surface area (TPSA) is 51.5 Å². The zero-order chi connectivity index (χ0) is 19.2. The van der Waals surface area contributed by atoms with E-state index in [0.29, 0.717) is 43.1 Å². The van der Waals surface area contributed by atoms with Gasteiger partial charge in [-0.1, -0.05) is 17.7 Å². The number of carbonyl (C=O) groups excluding carboxylic acids is 1. The lowest BCUT2D eigenvalue weighted by atomic mass is 9.74. The number of aliphatic hydroxyl groups is 1. The van der Waals surface area contributed by atoms with Gasteiger partial charge in [-0.2, -0.15) is 0 Å². The van der Waals surface area contributed by atoms with Gasteiger partial charge >= 0.3 is 0 Å². The molecule has 146 valence electrons. The second-order valence-electron chi connectivity index (χ2n) is 8.37. The molecule has 0 amide bonds. The van der Waals surface area contributed by atoms with Crippen LogP contribution in [-0.2, 0) is 4.74 Å². The van der Waals surface area contributed by atoms with Crippen molar-refractivity contribution in [2.24, 2.45) is 0 Å².